The van der Waals surface area contributed by atoms with Gasteiger partial charge in [-0.2, -0.15) is 0 Å². The maximum Gasteiger partial charge on any atom is 0.330 e. The second kappa shape index (κ2) is 11.5. The van der Waals surface area contributed by atoms with Gasteiger partial charge in [-0.05, 0) is 37.1 Å². The number of rotatable bonds is 10. The average Bonchev–Trinajstić information content (AvgIpc) is 2.53. The number of hydrogen-bond acceptors (Lipinski definition) is 5. The van der Waals surface area contributed by atoms with Gasteiger partial charge in [0.25, 0.3) is 0 Å². The summed E-state index contributed by atoms with van der Waals surface area (Å²) in [5.74, 6) is 0.437. The fourth-order valence-electron chi connectivity index (χ4n) is 1.74. The highest BCUT2D eigenvalue weighted by atomic mass is 16.7. The fourth-order valence-corrected chi connectivity index (χ4v) is 1.74. The number of methoxy groups -OCH3 is 1. The largest absolute Gasteiger partial charge is 0.467 e. The molecule has 0 bridgehead atoms. The topological polar surface area (TPSA) is 54.0 Å². The third kappa shape index (κ3) is 8.18. The number of allylic oxidation sites excluding steroid dienone is 2. The molecule has 23 heavy (non-hydrogen) atoms. The van der Waals surface area contributed by atoms with Gasteiger partial charge in [0.05, 0.1) is 19.8 Å². The van der Waals surface area contributed by atoms with Crippen molar-refractivity contribution >= 4 is 12.0 Å². The first-order valence-electron chi connectivity index (χ1n) is 7.49. The molecule has 0 aliphatic rings. The Morgan fingerprint density at radius 1 is 1.22 bits per heavy atom. The molecule has 5 nitrogen and oxygen atoms in total. The zero-order valence-corrected chi connectivity index (χ0v) is 13.9. The molecule has 0 saturated carbocycles. The van der Waals surface area contributed by atoms with E-state index in [4.69, 9.17) is 18.9 Å². The Bertz CT molecular complexity index is 534. The number of aryl methyl sites for hydroxylation is 1. The van der Waals surface area contributed by atoms with E-state index in [0.717, 1.165) is 16.9 Å². The Balaban J connectivity index is 2.47. The summed E-state index contributed by atoms with van der Waals surface area (Å²) in [6.45, 7) is 5.37. The summed E-state index contributed by atoms with van der Waals surface area (Å²) < 4.78 is 20.5. The lowest BCUT2D eigenvalue weighted by Crippen LogP contribution is -2.08. The van der Waals surface area contributed by atoms with Crippen LogP contribution >= 0.6 is 0 Å². The van der Waals surface area contributed by atoms with E-state index in [1.807, 2.05) is 31.2 Å². The van der Waals surface area contributed by atoms with Gasteiger partial charge in [0.15, 0.2) is 6.79 Å². The van der Waals surface area contributed by atoms with E-state index in [1.54, 1.807) is 26.2 Å². The minimum absolute atomic E-state index is 0.196. The lowest BCUT2D eigenvalue weighted by Gasteiger charge is -2.10. The lowest BCUT2D eigenvalue weighted by molar-refractivity contribution is -0.137. The molecule has 0 aliphatic carbocycles. The quantitative estimate of drug-likeness (QED) is 0.218. The van der Waals surface area contributed by atoms with Gasteiger partial charge in [0.1, 0.15) is 5.75 Å². The Morgan fingerprint density at radius 3 is 2.74 bits per heavy atom. The fraction of sp³-hybridized carbons (Fsp3) is 0.389. The van der Waals surface area contributed by atoms with Crippen molar-refractivity contribution in [3.05, 3.63) is 47.6 Å². The Kier molecular flexibility index (Phi) is 9.43. The zero-order valence-electron chi connectivity index (χ0n) is 13.9. The molecule has 0 spiro atoms. The standard InChI is InChI=1S/C18H24O5/c1-4-22-18(19)8-6-5-7-16-9-10-17(15(2)13-16)23-14-21-12-11-20-3/h5-10,13H,4,11-12,14H2,1-3H3/b7-5+,8-6+. The van der Waals surface area contributed by atoms with Gasteiger partial charge in [-0.1, -0.05) is 24.3 Å². The third-order valence-corrected chi connectivity index (χ3v) is 2.85. The first-order chi connectivity index (χ1) is 11.2. The number of carbonyl (C=O) groups is 1. The average molecular weight is 320 g/mol. The Morgan fingerprint density at radius 2 is 2.04 bits per heavy atom. The van der Waals surface area contributed by atoms with Crippen molar-refractivity contribution < 1.29 is 23.7 Å². The number of carbonyl (C=O) groups excluding carboxylic acids is 1. The monoisotopic (exact) mass is 320 g/mol. The molecular formula is C18H24O5. The molecule has 0 unspecified atom stereocenters. The summed E-state index contributed by atoms with van der Waals surface area (Å²) >= 11 is 0. The highest BCUT2D eigenvalue weighted by Crippen LogP contribution is 2.19. The number of hydrogen-bond donors (Lipinski definition) is 0. The first-order valence-corrected chi connectivity index (χ1v) is 7.49. The van der Waals surface area contributed by atoms with Crippen LogP contribution in [0.3, 0.4) is 0 Å². The molecule has 0 atom stereocenters. The molecule has 0 fully saturated rings. The predicted octanol–water partition coefficient (Wildman–Crippen LogP) is 3.13. The van der Waals surface area contributed by atoms with Crippen LogP contribution in [0.5, 0.6) is 5.75 Å². The van der Waals surface area contributed by atoms with Crippen LogP contribution in [0, 0.1) is 6.92 Å². The molecule has 0 heterocycles. The predicted molar refractivity (Wildman–Crippen MR) is 89.3 cm³/mol. The number of benzene rings is 1. The van der Waals surface area contributed by atoms with Crippen molar-refractivity contribution in [3.8, 4) is 5.75 Å². The molecule has 0 amide bonds. The summed E-state index contributed by atoms with van der Waals surface area (Å²) in [4.78, 5) is 11.1. The van der Waals surface area contributed by atoms with Crippen LogP contribution in [0.15, 0.2) is 36.4 Å². The Labute approximate surface area is 137 Å². The van der Waals surface area contributed by atoms with E-state index in [0.29, 0.717) is 19.8 Å². The lowest BCUT2D eigenvalue weighted by atomic mass is 10.1. The molecular weight excluding hydrogens is 296 g/mol. The van der Waals surface area contributed by atoms with Gasteiger partial charge in [0, 0.05) is 13.2 Å². The summed E-state index contributed by atoms with van der Waals surface area (Å²) in [6.07, 6.45) is 6.74. The second-order valence-corrected chi connectivity index (χ2v) is 4.66. The SMILES string of the molecule is CCOC(=O)/C=C/C=C/c1ccc(OCOCCOC)c(C)c1. The Hall–Kier alpha value is -2.11. The van der Waals surface area contributed by atoms with Gasteiger partial charge in [-0.3, -0.25) is 0 Å². The van der Waals surface area contributed by atoms with Crippen molar-refractivity contribution in [1.82, 2.24) is 0 Å². The van der Waals surface area contributed by atoms with Gasteiger partial charge in [0.2, 0.25) is 0 Å². The van der Waals surface area contributed by atoms with Gasteiger partial charge in [-0.15, -0.1) is 0 Å². The van der Waals surface area contributed by atoms with Crippen molar-refractivity contribution in [2.24, 2.45) is 0 Å². The smallest absolute Gasteiger partial charge is 0.330 e. The minimum Gasteiger partial charge on any atom is -0.467 e. The molecule has 1 aromatic rings. The molecule has 5 heteroatoms. The zero-order chi connectivity index (χ0) is 16.9. The van der Waals surface area contributed by atoms with Gasteiger partial charge in [-0.25, -0.2) is 4.79 Å². The van der Waals surface area contributed by atoms with Crippen molar-refractivity contribution in [3.63, 3.8) is 0 Å². The van der Waals surface area contributed by atoms with Crippen LogP contribution < -0.4 is 4.74 Å². The maximum atomic E-state index is 11.1. The third-order valence-electron chi connectivity index (χ3n) is 2.85. The van der Waals surface area contributed by atoms with E-state index < -0.39 is 0 Å². The summed E-state index contributed by atoms with van der Waals surface area (Å²) in [5.41, 5.74) is 2.03. The van der Waals surface area contributed by atoms with Gasteiger partial charge < -0.3 is 18.9 Å². The normalized spacial score (nSPS) is 11.3. The molecule has 1 rings (SSSR count). The maximum absolute atomic E-state index is 11.1. The van der Waals surface area contributed by atoms with E-state index in [9.17, 15) is 4.79 Å². The molecule has 0 aromatic heterocycles. The van der Waals surface area contributed by atoms with Crippen molar-refractivity contribution in [2.45, 2.75) is 13.8 Å². The molecule has 0 saturated heterocycles. The minimum atomic E-state index is -0.342. The van der Waals surface area contributed by atoms with Crippen LogP contribution in [-0.4, -0.2) is 39.7 Å². The highest BCUT2D eigenvalue weighted by Gasteiger charge is 2.00. The number of ether oxygens (including phenoxy) is 4. The molecule has 0 N–H and O–H groups in total. The molecule has 126 valence electrons. The van der Waals surface area contributed by atoms with Crippen LogP contribution in [0.1, 0.15) is 18.1 Å². The van der Waals surface area contributed by atoms with E-state index in [2.05, 4.69) is 0 Å². The van der Waals surface area contributed by atoms with Crippen LogP contribution in [0.25, 0.3) is 6.08 Å². The second-order valence-electron chi connectivity index (χ2n) is 4.66. The molecule has 0 aliphatic heterocycles. The van der Waals surface area contributed by atoms with E-state index in [-0.39, 0.29) is 12.8 Å². The number of esters is 1. The van der Waals surface area contributed by atoms with Gasteiger partial charge >= 0.3 is 5.97 Å². The van der Waals surface area contributed by atoms with E-state index >= 15 is 0 Å². The van der Waals surface area contributed by atoms with Crippen LogP contribution in [-0.2, 0) is 19.0 Å². The highest BCUT2D eigenvalue weighted by molar-refractivity contribution is 5.82. The van der Waals surface area contributed by atoms with Crippen LogP contribution in [0.4, 0.5) is 0 Å². The first kappa shape index (κ1) is 18.9. The van der Waals surface area contributed by atoms with Crippen LogP contribution in [0.2, 0.25) is 0 Å². The van der Waals surface area contributed by atoms with Crippen molar-refractivity contribution in [2.75, 3.05) is 33.7 Å². The summed E-state index contributed by atoms with van der Waals surface area (Å²) in [5, 5.41) is 0. The summed E-state index contributed by atoms with van der Waals surface area (Å²) in [6, 6.07) is 5.83. The van der Waals surface area contributed by atoms with E-state index in [1.165, 1.54) is 6.08 Å². The molecule has 0 radical (unpaired) electrons. The summed E-state index contributed by atoms with van der Waals surface area (Å²) in [7, 11) is 1.63. The van der Waals surface area contributed by atoms with Crippen molar-refractivity contribution in [1.29, 1.82) is 0 Å². The molecule has 1 aromatic carbocycles.